The van der Waals surface area contributed by atoms with Crippen molar-refractivity contribution in [2.75, 3.05) is 37.0 Å². The molecule has 0 bridgehead atoms. The third kappa shape index (κ3) is 5.74. The van der Waals surface area contributed by atoms with Crippen molar-refractivity contribution in [3.8, 4) is 0 Å². The van der Waals surface area contributed by atoms with Crippen molar-refractivity contribution < 1.29 is 30.9 Å². The fourth-order valence-corrected chi connectivity index (χ4v) is 4.42. The zero-order chi connectivity index (χ0) is 23.7. The average Bonchev–Trinajstić information content (AvgIpc) is 3.06. The van der Waals surface area contributed by atoms with E-state index in [-0.39, 0.29) is 29.7 Å². The molecule has 2 aromatic rings. The van der Waals surface area contributed by atoms with Gasteiger partial charge in [0.15, 0.2) is 0 Å². The molecule has 0 unspecified atom stereocenters. The van der Waals surface area contributed by atoms with Gasteiger partial charge in [-0.2, -0.15) is 13.2 Å². The van der Waals surface area contributed by atoms with Crippen molar-refractivity contribution in [2.45, 2.75) is 31.9 Å². The summed E-state index contributed by atoms with van der Waals surface area (Å²) in [7, 11) is -3.10. The van der Waals surface area contributed by atoms with Gasteiger partial charge in [-0.3, -0.25) is 4.79 Å². The summed E-state index contributed by atoms with van der Waals surface area (Å²) in [5.41, 5.74) is 0.669. The van der Waals surface area contributed by atoms with Gasteiger partial charge >= 0.3 is 6.18 Å². The molecule has 1 aromatic heterocycles. The van der Waals surface area contributed by atoms with Gasteiger partial charge in [0.25, 0.3) is 5.91 Å². The van der Waals surface area contributed by atoms with Crippen LogP contribution < -0.4 is 5.32 Å². The number of hydrogen-bond acceptors (Lipinski definition) is 6. The van der Waals surface area contributed by atoms with Crippen LogP contribution in [-0.2, 0) is 16.0 Å². The SMILES string of the molecule is Cc1c(C2CCN(C(=O)c3ccc(C(F)(F)F)c(Cl)c3)CC2)noc1NCCS(C)(=O)=O. The normalized spacial score (nSPS) is 15.8. The second kappa shape index (κ2) is 9.30. The highest BCUT2D eigenvalue weighted by atomic mass is 35.5. The lowest BCUT2D eigenvalue weighted by Gasteiger charge is -2.31. The standard InChI is InChI=1S/C20H23ClF3N3O4S/c1-12-17(26-31-18(12)25-7-10-32(2,29)30)13-5-8-27(9-6-13)19(28)14-3-4-15(16(21)11-14)20(22,23)24/h3-4,11,13,25H,5-10H2,1-2H3. The first-order valence-electron chi connectivity index (χ1n) is 9.90. The van der Waals surface area contributed by atoms with E-state index >= 15 is 0 Å². The molecule has 0 radical (unpaired) electrons. The summed E-state index contributed by atoms with van der Waals surface area (Å²) >= 11 is 5.73. The van der Waals surface area contributed by atoms with Crippen LogP contribution in [0.2, 0.25) is 5.02 Å². The number of rotatable bonds is 6. The number of carbonyl (C=O) groups excluding carboxylic acids is 1. The van der Waals surface area contributed by atoms with Crippen LogP contribution in [0.15, 0.2) is 22.7 Å². The van der Waals surface area contributed by atoms with Crippen molar-refractivity contribution in [2.24, 2.45) is 0 Å². The van der Waals surface area contributed by atoms with E-state index in [1.807, 2.05) is 6.92 Å². The first kappa shape index (κ1) is 24.4. The Balaban J connectivity index is 1.61. The van der Waals surface area contributed by atoms with Crippen molar-refractivity contribution >= 4 is 33.2 Å². The average molecular weight is 494 g/mol. The molecule has 1 aromatic carbocycles. The van der Waals surface area contributed by atoms with Crippen molar-refractivity contribution in [1.29, 1.82) is 0 Å². The molecule has 176 valence electrons. The number of alkyl halides is 3. The van der Waals surface area contributed by atoms with Crippen molar-refractivity contribution in [3.05, 3.63) is 45.6 Å². The molecule has 1 fully saturated rings. The van der Waals surface area contributed by atoms with Crippen molar-refractivity contribution in [1.82, 2.24) is 10.1 Å². The largest absolute Gasteiger partial charge is 0.417 e. The van der Waals surface area contributed by atoms with Crippen LogP contribution in [-0.4, -0.2) is 56.0 Å². The Labute approximate surface area is 188 Å². The number of benzene rings is 1. The molecule has 1 aliphatic rings. The van der Waals surface area contributed by atoms with Crippen LogP contribution in [0, 0.1) is 6.92 Å². The lowest BCUT2D eigenvalue weighted by atomic mass is 9.91. The predicted molar refractivity (Wildman–Crippen MR) is 114 cm³/mol. The number of carbonyl (C=O) groups is 1. The highest BCUT2D eigenvalue weighted by molar-refractivity contribution is 7.90. The molecule has 12 heteroatoms. The molecule has 3 rings (SSSR count). The van der Waals surface area contributed by atoms with Gasteiger partial charge in [-0.15, -0.1) is 0 Å². The Kier molecular flexibility index (Phi) is 7.09. The summed E-state index contributed by atoms with van der Waals surface area (Å²) in [6, 6.07) is 3.01. The second-order valence-corrected chi connectivity index (χ2v) is 10.5. The van der Waals surface area contributed by atoms with Gasteiger partial charge < -0.3 is 14.7 Å². The number of nitrogens with zero attached hydrogens (tertiary/aromatic N) is 2. The maximum Gasteiger partial charge on any atom is 0.417 e. The zero-order valence-corrected chi connectivity index (χ0v) is 19.1. The molecular formula is C20H23ClF3N3O4S. The number of halogens is 4. The third-order valence-electron chi connectivity index (χ3n) is 5.41. The first-order valence-corrected chi connectivity index (χ1v) is 12.3. The van der Waals surface area contributed by atoms with Gasteiger partial charge in [0, 0.05) is 42.9 Å². The van der Waals surface area contributed by atoms with Gasteiger partial charge in [0.2, 0.25) is 5.88 Å². The molecule has 1 aliphatic heterocycles. The Morgan fingerprint density at radius 2 is 1.97 bits per heavy atom. The number of amides is 1. The maximum atomic E-state index is 12.9. The molecule has 1 saturated heterocycles. The summed E-state index contributed by atoms with van der Waals surface area (Å²) in [4.78, 5) is 14.3. The lowest BCUT2D eigenvalue weighted by molar-refractivity contribution is -0.137. The van der Waals surface area contributed by atoms with E-state index in [9.17, 15) is 26.4 Å². The van der Waals surface area contributed by atoms with Crippen LogP contribution >= 0.6 is 11.6 Å². The summed E-state index contributed by atoms with van der Waals surface area (Å²) in [5, 5.41) is 6.54. The third-order valence-corrected chi connectivity index (χ3v) is 6.67. The van der Waals surface area contributed by atoms with Gasteiger partial charge in [0.1, 0.15) is 9.84 Å². The minimum absolute atomic E-state index is 0.0308. The lowest BCUT2D eigenvalue weighted by Crippen LogP contribution is -2.38. The summed E-state index contributed by atoms with van der Waals surface area (Å²) in [6.07, 6.45) is -2.21. The van der Waals surface area contributed by atoms with E-state index in [0.29, 0.717) is 31.8 Å². The smallest absolute Gasteiger partial charge is 0.353 e. The monoisotopic (exact) mass is 493 g/mol. The zero-order valence-electron chi connectivity index (χ0n) is 17.5. The Morgan fingerprint density at radius 3 is 2.53 bits per heavy atom. The van der Waals surface area contributed by atoms with Gasteiger partial charge in [-0.05, 0) is 38.0 Å². The topological polar surface area (TPSA) is 92.5 Å². The van der Waals surface area contributed by atoms with Crippen LogP contribution in [0.5, 0.6) is 0 Å². The van der Waals surface area contributed by atoms with E-state index < -0.39 is 26.6 Å². The number of hydrogen-bond donors (Lipinski definition) is 1. The van der Waals surface area contributed by atoms with Crippen molar-refractivity contribution in [3.63, 3.8) is 0 Å². The van der Waals surface area contributed by atoms with E-state index in [4.69, 9.17) is 16.1 Å². The molecule has 7 nitrogen and oxygen atoms in total. The molecule has 0 saturated carbocycles. The number of nitrogens with one attached hydrogen (secondary N) is 1. The number of aromatic nitrogens is 1. The molecule has 2 heterocycles. The minimum atomic E-state index is -4.58. The molecule has 0 aliphatic carbocycles. The second-order valence-electron chi connectivity index (χ2n) is 7.84. The fraction of sp³-hybridized carbons (Fsp3) is 0.500. The minimum Gasteiger partial charge on any atom is -0.353 e. The molecule has 0 spiro atoms. The van der Waals surface area contributed by atoms with Crippen LogP contribution in [0.1, 0.15) is 45.9 Å². The van der Waals surface area contributed by atoms with E-state index in [1.165, 1.54) is 0 Å². The highest BCUT2D eigenvalue weighted by Crippen LogP contribution is 2.36. The number of likely N-dealkylation sites (tertiary alicyclic amines) is 1. The van der Waals surface area contributed by atoms with E-state index in [2.05, 4.69) is 10.5 Å². The quantitative estimate of drug-likeness (QED) is 0.650. The highest BCUT2D eigenvalue weighted by Gasteiger charge is 2.34. The van der Waals surface area contributed by atoms with Crippen LogP contribution in [0.4, 0.5) is 19.1 Å². The maximum absolute atomic E-state index is 12.9. The molecule has 32 heavy (non-hydrogen) atoms. The Bertz CT molecular complexity index is 1090. The predicted octanol–water partition coefficient (Wildman–Crippen LogP) is 4.13. The molecule has 0 atom stereocenters. The van der Waals surface area contributed by atoms with Gasteiger partial charge in [0.05, 0.1) is 22.0 Å². The Morgan fingerprint density at radius 1 is 1.31 bits per heavy atom. The number of anilines is 1. The summed E-state index contributed by atoms with van der Waals surface area (Å²) in [5.74, 6) is 0.0572. The van der Waals surface area contributed by atoms with Crippen LogP contribution in [0.3, 0.4) is 0 Å². The number of sulfone groups is 1. The van der Waals surface area contributed by atoms with Crippen LogP contribution in [0.25, 0.3) is 0 Å². The van der Waals surface area contributed by atoms with Gasteiger partial charge in [-0.25, -0.2) is 8.42 Å². The first-order chi connectivity index (χ1) is 14.9. The molecular weight excluding hydrogens is 471 g/mol. The fourth-order valence-electron chi connectivity index (χ4n) is 3.66. The Hall–Kier alpha value is -2.27. The van der Waals surface area contributed by atoms with E-state index in [1.54, 1.807) is 4.90 Å². The molecule has 1 N–H and O–H groups in total. The van der Waals surface area contributed by atoms with E-state index in [0.717, 1.165) is 35.7 Å². The number of piperidine rings is 1. The summed E-state index contributed by atoms with van der Waals surface area (Å²) < 4.78 is 66.4. The molecule has 1 amide bonds. The summed E-state index contributed by atoms with van der Waals surface area (Å²) in [6.45, 7) is 2.85. The van der Waals surface area contributed by atoms with Gasteiger partial charge in [-0.1, -0.05) is 16.8 Å².